The lowest BCUT2D eigenvalue weighted by atomic mass is 10.2. The molecule has 4 heteroatoms. The van der Waals surface area contributed by atoms with Crippen LogP contribution >= 0.6 is 0 Å². The van der Waals surface area contributed by atoms with E-state index in [9.17, 15) is 0 Å². The van der Waals surface area contributed by atoms with Gasteiger partial charge in [0.2, 0.25) is 0 Å². The molecule has 0 aliphatic carbocycles. The van der Waals surface area contributed by atoms with Crippen LogP contribution in [0.4, 0.5) is 5.82 Å². The predicted octanol–water partition coefficient (Wildman–Crippen LogP) is 1.69. The zero-order valence-electron chi connectivity index (χ0n) is 11.7. The van der Waals surface area contributed by atoms with Crippen LogP contribution in [-0.2, 0) is 11.2 Å². The first kappa shape index (κ1) is 14.9. The molecule has 1 aromatic heterocycles. The third kappa shape index (κ3) is 5.02. The van der Waals surface area contributed by atoms with Gasteiger partial charge in [-0.1, -0.05) is 19.9 Å². The Kier molecular flexibility index (Phi) is 6.68. The molecule has 1 heterocycles. The molecular weight excluding hydrogens is 226 g/mol. The van der Waals surface area contributed by atoms with E-state index in [4.69, 9.17) is 10.5 Å². The number of anilines is 1. The Balaban J connectivity index is 2.70. The van der Waals surface area contributed by atoms with Gasteiger partial charge in [0.25, 0.3) is 0 Å². The van der Waals surface area contributed by atoms with Crippen LogP contribution in [0.5, 0.6) is 0 Å². The molecule has 0 spiro atoms. The molecule has 1 aromatic rings. The van der Waals surface area contributed by atoms with E-state index in [-0.39, 0.29) is 0 Å². The van der Waals surface area contributed by atoms with Gasteiger partial charge in [-0.25, -0.2) is 4.98 Å². The summed E-state index contributed by atoms with van der Waals surface area (Å²) in [6, 6.07) is 4.18. The molecule has 0 saturated heterocycles. The highest BCUT2D eigenvalue weighted by Crippen LogP contribution is 2.13. The topological polar surface area (TPSA) is 51.4 Å². The highest BCUT2D eigenvalue weighted by Gasteiger charge is 2.09. The van der Waals surface area contributed by atoms with Gasteiger partial charge >= 0.3 is 0 Å². The smallest absolute Gasteiger partial charge is 0.128 e. The van der Waals surface area contributed by atoms with E-state index in [1.165, 1.54) is 5.56 Å². The van der Waals surface area contributed by atoms with Crippen molar-refractivity contribution in [3.63, 3.8) is 0 Å². The summed E-state index contributed by atoms with van der Waals surface area (Å²) in [5.41, 5.74) is 6.73. The molecule has 1 rings (SSSR count). The van der Waals surface area contributed by atoms with E-state index in [1.807, 2.05) is 6.20 Å². The van der Waals surface area contributed by atoms with Gasteiger partial charge in [-0.15, -0.1) is 0 Å². The number of hydrogen-bond donors (Lipinski definition) is 1. The zero-order valence-corrected chi connectivity index (χ0v) is 11.7. The van der Waals surface area contributed by atoms with Crippen LogP contribution in [0.1, 0.15) is 19.4 Å². The SMILES string of the molecule is COCCN(CC(C)C)c1ccc(CCN)cn1. The summed E-state index contributed by atoms with van der Waals surface area (Å²) in [5, 5.41) is 0. The second-order valence-electron chi connectivity index (χ2n) is 4.90. The normalized spacial score (nSPS) is 10.9. The van der Waals surface area contributed by atoms with Crippen LogP contribution in [-0.4, -0.2) is 38.3 Å². The lowest BCUT2D eigenvalue weighted by molar-refractivity contribution is 0.204. The van der Waals surface area contributed by atoms with Crippen molar-refractivity contribution in [2.45, 2.75) is 20.3 Å². The Bertz CT molecular complexity index is 324. The highest BCUT2D eigenvalue weighted by molar-refractivity contribution is 5.39. The molecule has 0 unspecified atom stereocenters. The van der Waals surface area contributed by atoms with Crippen molar-refractivity contribution in [2.75, 3.05) is 38.3 Å². The summed E-state index contributed by atoms with van der Waals surface area (Å²) in [6.45, 7) is 7.68. The first-order chi connectivity index (χ1) is 8.67. The van der Waals surface area contributed by atoms with Gasteiger partial charge in [-0.2, -0.15) is 0 Å². The summed E-state index contributed by atoms with van der Waals surface area (Å²) in [5.74, 6) is 1.62. The van der Waals surface area contributed by atoms with E-state index < -0.39 is 0 Å². The zero-order chi connectivity index (χ0) is 13.4. The molecule has 0 saturated carbocycles. The van der Waals surface area contributed by atoms with Crippen molar-refractivity contribution >= 4 is 5.82 Å². The molecule has 0 radical (unpaired) electrons. The van der Waals surface area contributed by atoms with Crippen LogP contribution in [0.25, 0.3) is 0 Å². The molecule has 2 N–H and O–H groups in total. The largest absolute Gasteiger partial charge is 0.383 e. The predicted molar refractivity (Wildman–Crippen MR) is 75.9 cm³/mol. The number of rotatable bonds is 8. The van der Waals surface area contributed by atoms with E-state index in [0.717, 1.165) is 31.9 Å². The number of nitrogens with zero attached hydrogens (tertiary/aromatic N) is 2. The van der Waals surface area contributed by atoms with Gasteiger partial charge in [0.05, 0.1) is 6.61 Å². The van der Waals surface area contributed by atoms with Gasteiger partial charge in [0.15, 0.2) is 0 Å². The third-order valence-electron chi connectivity index (χ3n) is 2.72. The summed E-state index contributed by atoms with van der Waals surface area (Å²) in [6.07, 6.45) is 2.80. The van der Waals surface area contributed by atoms with E-state index in [0.29, 0.717) is 12.5 Å². The number of pyridine rings is 1. The maximum atomic E-state index is 5.54. The fraction of sp³-hybridized carbons (Fsp3) is 0.643. The Morgan fingerprint density at radius 2 is 2.17 bits per heavy atom. The molecule has 0 fully saturated rings. The standard InChI is InChI=1S/C14H25N3O/c1-12(2)11-17(8-9-18-3)14-5-4-13(6-7-15)10-16-14/h4-5,10,12H,6-9,11,15H2,1-3H3. The minimum absolute atomic E-state index is 0.604. The summed E-state index contributed by atoms with van der Waals surface area (Å²) >= 11 is 0. The van der Waals surface area contributed by atoms with Gasteiger partial charge < -0.3 is 15.4 Å². The van der Waals surface area contributed by atoms with Crippen LogP contribution < -0.4 is 10.6 Å². The average Bonchev–Trinajstić information content (AvgIpc) is 2.35. The maximum Gasteiger partial charge on any atom is 0.128 e. The second kappa shape index (κ2) is 8.06. The summed E-state index contributed by atoms with van der Waals surface area (Å²) < 4.78 is 5.15. The van der Waals surface area contributed by atoms with Crippen LogP contribution in [0, 0.1) is 5.92 Å². The first-order valence-corrected chi connectivity index (χ1v) is 6.56. The molecule has 4 nitrogen and oxygen atoms in total. The monoisotopic (exact) mass is 251 g/mol. The second-order valence-corrected chi connectivity index (χ2v) is 4.90. The van der Waals surface area contributed by atoms with Crippen molar-refractivity contribution in [3.05, 3.63) is 23.9 Å². The van der Waals surface area contributed by atoms with Crippen molar-refractivity contribution < 1.29 is 4.74 Å². The van der Waals surface area contributed by atoms with Crippen LogP contribution in [0.3, 0.4) is 0 Å². The number of hydrogen-bond acceptors (Lipinski definition) is 4. The molecule has 0 aromatic carbocycles. The maximum absolute atomic E-state index is 5.54. The molecular formula is C14H25N3O. The third-order valence-corrected chi connectivity index (χ3v) is 2.72. The molecule has 18 heavy (non-hydrogen) atoms. The number of aromatic nitrogens is 1. The quantitative estimate of drug-likeness (QED) is 0.764. The van der Waals surface area contributed by atoms with E-state index >= 15 is 0 Å². The highest BCUT2D eigenvalue weighted by atomic mass is 16.5. The fourth-order valence-electron chi connectivity index (χ4n) is 1.86. The van der Waals surface area contributed by atoms with Gasteiger partial charge in [-0.3, -0.25) is 0 Å². The fourth-order valence-corrected chi connectivity index (χ4v) is 1.86. The number of methoxy groups -OCH3 is 1. The minimum Gasteiger partial charge on any atom is -0.383 e. The van der Waals surface area contributed by atoms with E-state index in [2.05, 4.69) is 35.9 Å². The van der Waals surface area contributed by atoms with Crippen molar-refractivity contribution in [3.8, 4) is 0 Å². The molecule has 0 aliphatic rings. The Hall–Kier alpha value is -1.13. The number of nitrogens with two attached hydrogens (primary N) is 1. The van der Waals surface area contributed by atoms with E-state index in [1.54, 1.807) is 7.11 Å². The lowest BCUT2D eigenvalue weighted by Gasteiger charge is -2.25. The van der Waals surface area contributed by atoms with Gasteiger partial charge in [-0.05, 0) is 30.5 Å². The van der Waals surface area contributed by atoms with Crippen LogP contribution in [0.2, 0.25) is 0 Å². The molecule has 0 bridgehead atoms. The summed E-state index contributed by atoms with van der Waals surface area (Å²) in [4.78, 5) is 6.78. The van der Waals surface area contributed by atoms with Gasteiger partial charge in [0.1, 0.15) is 5.82 Å². The summed E-state index contributed by atoms with van der Waals surface area (Å²) in [7, 11) is 1.73. The van der Waals surface area contributed by atoms with Crippen LogP contribution in [0.15, 0.2) is 18.3 Å². The molecule has 0 atom stereocenters. The Morgan fingerprint density at radius 1 is 1.39 bits per heavy atom. The molecule has 102 valence electrons. The van der Waals surface area contributed by atoms with Crippen molar-refractivity contribution in [2.24, 2.45) is 11.7 Å². The molecule has 0 aliphatic heterocycles. The Labute approximate surface area is 110 Å². The Morgan fingerprint density at radius 3 is 2.67 bits per heavy atom. The first-order valence-electron chi connectivity index (χ1n) is 6.56. The molecule has 0 amide bonds. The van der Waals surface area contributed by atoms with Crippen molar-refractivity contribution in [1.29, 1.82) is 0 Å². The van der Waals surface area contributed by atoms with Gasteiger partial charge in [0, 0.05) is 26.4 Å². The lowest BCUT2D eigenvalue weighted by Crippen LogP contribution is -2.31. The minimum atomic E-state index is 0.604. The number of ether oxygens (including phenoxy) is 1. The van der Waals surface area contributed by atoms with Crippen molar-refractivity contribution in [1.82, 2.24) is 4.98 Å². The average molecular weight is 251 g/mol.